The predicted octanol–water partition coefficient (Wildman–Crippen LogP) is 0.449. The van der Waals surface area contributed by atoms with Crippen LogP contribution in [0.4, 0.5) is 0 Å². The van der Waals surface area contributed by atoms with Gasteiger partial charge < -0.3 is 4.90 Å². The minimum atomic E-state index is -0.290. The van der Waals surface area contributed by atoms with Crippen molar-refractivity contribution < 1.29 is 4.79 Å². The maximum absolute atomic E-state index is 12.2. The Bertz CT molecular complexity index is 767. The molecule has 0 radical (unpaired) electrons. The van der Waals surface area contributed by atoms with Crippen LogP contribution in [-0.2, 0) is 25.4 Å². The average Bonchev–Trinajstić information content (AvgIpc) is 3.25. The Labute approximate surface area is 147 Å². The minimum Gasteiger partial charge on any atom is -0.338 e. The van der Waals surface area contributed by atoms with E-state index in [2.05, 4.69) is 4.90 Å². The Balaban J connectivity index is 1.82. The molecule has 1 aromatic heterocycles. The van der Waals surface area contributed by atoms with Crippen molar-refractivity contribution in [1.29, 1.82) is 0 Å². The third-order valence-corrected chi connectivity index (χ3v) is 5.77. The van der Waals surface area contributed by atoms with Crippen LogP contribution in [0.1, 0.15) is 44.7 Å². The second-order valence-electron chi connectivity index (χ2n) is 7.20. The van der Waals surface area contributed by atoms with Crippen LogP contribution in [-0.4, -0.2) is 50.0 Å². The molecular formula is C18H28N4O3. The van der Waals surface area contributed by atoms with E-state index in [4.69, 9.17) is 0 Å². The molecule has 1 amide bonds. The lowest BCUT2D eigenvalue weighted by molar-refractivity contribution is -0.132. The summed E-state index contributed by atoms with van der Waals surface area (Å²) in [5.41, 5.74) is 0.186. The molecule has 7 heteroatoms. The van der Waals surface area contributed by atoms with E-state index in [0.717, 1.165) is 49.0 Å². The second kappa shape index (κ2) is 7.15. The zero-order chi connectivity index (χ0) is 18.1. The summed E-state index contributed by atoms with van der Waals surface area (Å²) in [6.45, 7) is 4.29. The van der Waals surface area contributed by atoms with Crippen LogP contribution in [0.2, 0.25) is 0 Å². The number of aromatic nitrogens is 2. The van der Waals surface area contributed by atoms with Gasteiger partial charge in [-0.25, -0.2) is 4.79 Å². The maximum atomic E-state index is 12.2. The lowest BCUT2D eigenvalue weighted by Crippen LogP contribution is -2.48. The van der Waals surface area contributed by atoms with Gasteiger partial charge in [-0.2, -0.15) is 0 Å². The maximum Gasteiger partial charge on any atom is 0.330 e. The van der Waals surface area contributed by atoms with Crippen molar-refractivity contribution in [3.8, 4) is 0 Å². The fourth-order valence-electron chi connectivity index (χ4n) is 4.33. The molecule has 2 fully saturated rings. The summed E-state index contributed by atoms with van der Waals surface area (Å²) in [7, 11) is 3.21. The number of amides is 1. The number of hydrogen-bond acceptors (Lipinski definition) is 4. The lowest BCUT2D eigenvalue weighted by atomic mass is 10.0. The van der Waals surface area contributed by atoms with E-state index in [1.807, 2.05) is 11.8 Å². The van der Waals surface area contributed by atoms with E-state index >= 15 is 0 Å². The molecule has 0 aromatic carbocycles. The number of rotatable bonds is 4. The van der Waals surface area contributed by atoms with Gasteiger partial charge in [0.05, 0.1) is 0 Å². The third kappa shape index (κ3) is 3.29. The molecule has 0 aliphatic carbocycles. The Morgan fingerprint density at radius 1 is 1.08 bits per heavy atom. The highest BCUT2D eigenvalue weighted by Gasteiger charge is 2.39. The van der Waals surface area contributed by atoms with Gasteiger partial charge >= 0.3 is 5.69 Å². The first-order valence-corrected chi connectivity index (χ1v) is 9.23. The van der Waals surface area contributed by atoms with Gasteiger partial charge in [0, 0.05) is 57.4 Å². The Kier molecular flexibility index (Phi) is 5.13. The first kappa shape index (κ1) is 17.9. The molecular weight excluding hydrogens is 320 g/mol. The first-order chi connectivity index (χ1) is 11.9. The Hall–Kier alpha value is -1.89. The van der Waals surface area contributed by atoms with Crippen molar-refractivity contribution in [2.24, 2.45) is 14.1 Å². The summed E-state index contributed by atoms with van der Waals surface area (Å²) < 4.78 is 2.68. The molecule has 3 heterocycles. The average molecular weight is 348 g/mol. The molecule has 3 rings (SSSR count). The molecule has 7 nitrogen and oxygen atoms in total. The number of hydrogen-bond donors (Lipinski definition) is 0. The van der Waals surface area contributed by atoms with Gasteiger partial charge in [-0.3, -0.25) is 23.6 Å². The molecule has 0 N–H and O–H groups in total. The standard InChI is InChI=1S/C18H28N4O3/c1-4-16(23)22-10-6-8-15(22)14-7-5-9-21(14)12-13-11-17(24)20(3)18(25)19(13)2/h11,14-15H,4-10,12H2,1-3H3/t14-,15+/m0/s1. The van der Waals surface area contributed by atoms with Crippen LogP contribution in [0, 0.1) is 0 Å². The number of nitrogens with zero attached hydrogens (tertiary/aromatic N) is 4. The van der Waals surface area contributed by atoms with E-state index in [9.17, 15) is 14.4 Å². The first-order valence-electron chi connectivity index (χ1n) is 9.23. The van der Waals surface area contributed by atoms with E-state index in [1.54, 1.807) is 17.7 Å². The van der Waals surface area contributed by atoms with Crippen LogP contribution in [0.5, 0.6) is 0 Å². The number of carbonyl (C=O) groups excluding carboxylic acids is 1. The highest BCUT2D eigenvalue weighted by molar-refractivity contribution is 5.76. The molecule has 0 bridgehead atoms. The van der Waals surface area contributed by atoms with Crippen LogP contribution in [0.3, 0.4) is 0 Å². The van der Waals surface area contributed by atoms with Crippen molar-refractivity contribution in [3.05, 3.63) is 32.6 Å². The summed E-state index contributed by atoms with van der Waals surface area (Å²) in [5, 5.41) is 0. The smallest absolute Gasteiger partial charge is 0.330 e. The molecule has 2 atom stereocenters. The van der Waals surface area contributed by atoms with Crippen LogP contribution < -0.4 is 11.2 Å². The molecule has 1 aromatic rings. The van der Waals surface area contributed by atoms with Gasteiger partial charge in [-0.15, -0.1) is 0 Å². The van der Waals surface area contributed by atoms with Crippen LogP contribution in [0.15, 0.2) is 15.7 Å². The van der Waals surface area contributed by atoms with Gasteiger partial charge in [0.2, 0.25) is 5.91 Å². The summed E-state index contributed by atoms with van der Waals surface area (Å²) in [4.78, 5) is 40.8. The SMILES string of the molecule is CCC(=O)N1CCC[C@@H]1[C@@H]1CCCN1Cc1cc(=O)n(C)c(=O)n1C. The summed E-state index contributed by atoms with van der Waals surface area (Å²) in [6, 6.07) is 2.14. The zero-order valence-electron chi connectivity index (χ0n) is 15.4. The van der Waals surface area contributed by atoms with E-state index in [0.29, 0.717) is 19.0 Å². The largest absolute Gasteiger partial charge is 0.338 e. The van der Waals surface area contributed by atoms with Crippen molar-refractivity contribution in [2.75, 3.05) is 13.1 Å². The predicted molar refractivity (Wildman–Crippen MR) is 95.4 cm³/mol. The quantitative estimate of drug-likeness (QED) is 0.792. The van der Waals surface area contributed by atoms with Gasteiger partial charge in [-0.05, 0) is 32.2 Å². The van der Waals surface area contributed by atoms with Gasteiger partial charge in [0.1, 0.15) is 0 Å². The summed E-state index contributed by atoms with van der Waals surface area (Å²) in [5.74, 6) is 0.232. The molecule has 25 heavy (non-hydrogen) atoms. The highest BCUT2D eigenvalue weighted by atomic mass is 16.2. The summed E-state index contributed by atoms with van der Waals surface area (Å²) in [6.07, 6.45) is 4.81. The molecule has 0 unspecified atom stereocenters. The topological polar surface area (TPSA) is 67.6 Å². The molecule has 2 aliphatic heterocycles. The van der Waals surface area contributed by atoms with Gasteiger partial charge in [0.15, 0.2) is 0 Å². The fourth-order valence-corrected chi connectivity index (χ4v) is 4.33. The zero-order valence-corrected chi connectivity index (χ0v) is 15.4. The van der Waals surface area contributed by atoms with E-state index < -0.39 is 0 Å². The van der Waals surface area contributed by atoms with E-state index in [1.165, 1.54) is 7.05 Å². The third-order valence-electron chi connectivity index (χ3n) is 5.77. The lowest BCUT2D eigenvalue weighted by Gasteiger charge is -2.35. The molecule has 138 valence electrons. The fraction of sp³-hybridized carbons (Fsp3) is 0.722. The molecule has 0 spiro atoms. The van der Waals surface area contributed by atoms with Crippen LogP contribution >= 0.6 is 0 Å². The molecule has 2 saturated heterocycles. The second-order valence-corrected chi connectivity index (χ2v) is 7.20. The number of carbonyl (C=O) groups is 1. The highest BCUT2D eigenvalue weighted by Crippen LogP contribution is 2.31. The normalized spacial score (nSPS) is 24.2. The molecule has 0 saturated carbocycles. The Morgan fingerprint density at radius 3 is 2.48 bits per heavy atom. The van der Waals surface area contributed by atoms with Gasteiger partial charge in [0.25, 0.3) is 5.56 Å². The molecule has 2 aliphatic rings. The monoisotopic (exact) mass is 348 g/mol. The Morgan fingerprint density at radius 2 is 1.76 bits per heavy atom. The van der Waals surface area contributed by atoms with E-state index in [-0.39, 0.29) is 23.2 Å². The summed E-state index contributed by atoms with van der Waals surface area (Å²) >= 11 is 0. The number of likely N-dealkylation sites (tertiary alicyclic amines) is 2. The van der Waals surface area contributed by atoms with Gasteiger partial charge in [-0.1, -0.05) is 6.92 Å². The van der Waals surface area contributed by atoms with Crippen molar-refractivity contribution >= 4 is 5.91 Å². The minimum absolute atomic E-state index is 0.232. The van der Waals surface area contributed by atoms with Crippen LogP contribution in [0.25, 0.3) is 0 Å². The van der Waals surface area contributed by atoms with Crippen molar-refractivity contribution in [1.82, 2.24) is 18.9 Å². The van der Waals surface area contributed by atoms with Crippen molar-refractivity contribution in [3.63, 3.8) is 0 Å². The van der Waals surface area contributed by atoms with Crippen molar-refractivity contribution in [2.45, 2.75) is 57.7 Å².